The van der Waals surface area contributed by atoms with E-state index in [9.17, 15) is 4.39 Å². The van der Waals surface area contributed by atoms with Crippen LogP contribution >= 0.6 is 0 Å². The van der Waals surface area contributed by atoms with Gasteiger partial charge in [0.05, 0.1) is 24.8 Å². The second-order valence-corrected chi connectivity index (χ2v) is 5.64. The number of imidazole rings is 1. The summed E-state index contributed by atoms with van der Waals surface area (Å²) in [6, 6.07) is 14.1. The molecular weight excluding hydrogens is 319 g/mol. The van der Waals surface area contributed by atoms with Crippen LogP contribution in [0.5, 0.6) is 5.75 Å². The molecule has 1 aromatic heterocycles. The predicted octanol–water partition coefficient (Wildman–Crippen LogP) is 4.92. The van der Waals surface area contributed by atoms with Gasteiger partial charge >= 0.3 is 0 Å². The van der Waals surface area contributed by atoms with Crippen LogP contribution < -0.4 is 4.74 Å². The first-order valence-corrected chi connectivity index (χ1v) is 8.22. The maximum Gasteiger partial charge on any atom is 0.132 e. The number of nitrogens with zero attached hydrogens (tertiary/aromatic N) is 2. The van der Waals surface area contributed by atoms with Crippen LogP contribution in [0.2, 0.25) is 0 Å². The Bertz CT molecular complexity index is 826. The van der Waals surface area contributed by atoms with Crippen LogP contribution in [0.4, 0.5) is 4.39 Å². The molecule has 2 aromatic carbocycles. The zero-order chi connectivity index (χ0) is 17.8. The molecule has 1 heterocycles. The van der Waals surface area contributed by atoms with Crippen LogP contribution in [0.25, 0.3) is 22.5 Å². The first-order chi connectivity index (χ1) is 12.1. The molecule has 0 fully saturated rings. The molecule has 0 amide bonds. The number of halogens is 1. The average Bonchev–Trinajstić information content (AvgIpc) is 3.08. The van der Waals surface area contributed by atoms with Crippen molar-refractivity contribution in [3.63, 3.8) is 0 Å². The lowest BCUT2D eigenvalue weighted by Crippen LogP contribution is -2.09. The van der Waals surface area contributed by atoms with Gasteiger partial charge in [-0.1, -0.05) is 0 Å². The van der Waals surface area contributed by atoms with Gasteiger partial charge in [-0.2, -0.15) is 0 Å². The first kappa shape index (κ1) is 17.2. The molecule has 25 heavy (non-hydrogen) atoms. The highest BCUT2D eigenvalue weighted by Crippen LogP contribution is 2.34. The van der Waals surface area contributed by atoms with E-state index in [-0.39, 0.29) is 12.0 Å². The fourth-order valence-electron chi connectivity index (χ4n) is 2.81. The van der Waals surface area contributed by atoms with Crippen molar-refractivity contribution in [2.45, 2.75) is 20.1 Å². The molecule has 0 spiro atoms. The number of hydrogen-bond acceptors (Lipinski definition) is 3. The van der Waals surface area contributed by atoms with Gasteiger partial charge in [-0.3, -0.25) is 0 Å². The summed E-state index contributed by atoms with van der Waals surface area (Å²) in [5.41, 5.74) is 3.56. The Labute approximate surface area is 146 Å². The summed E-state index contributed by atoms with van der Waals surface area (Å²) in [7, 11) is 1.64. The van der Waals surface area contributed by atoms with Gasteiger partial charge in [0.25, 0.3) is 0 Å². The number of benzene rings is 2. The molecule has 3 rings (SSSR count). The fraction of sp³-hybridized carbons (Fsp3) is 0.250. The van der Waals surface area contributed by atoms with E-state index in [0.29, 0.717) is 6.61 Å². The van der Waals surface area contributed by atoms with Crippen molar-refractivity contribution in [3.8, 4) is 28.3 Å². The monoisotopic (exact) mass is 340 g/mol. The largest absolute Gasteiger partial charge is 0.497 e. The van der Waals surface area contributed by atoms with Crippen molar-refractivity contribution >= 4 is 0 Å². The Balaban J connectivity index is 2.13. The molecule has 0 N–H and O–H groups in total. The summed E-state index contributed by atoms with van der Waals surface area (Å²) >= 11 is 0. The Morgan fingerprint density at radius 1 is 1.04 bits per heavy atom. The summed E-state index contributed by atoms with van der Waals surface area (Å²) < 4.78 is 26.3. The van der Waals surface area contributed by atoms with E-state index in [1.165, 1.54) is 12.1 Å². The van der Waals surface area contributed by atoms with Gasteiger partial charge in [-0.25, -0.2) is 9.37 Å². The van der Waals surface area contributed by atoms with E-state index < -0.39 is 0 Å². The lowest BCUT2D eigenvalue weighted by molar-refractivity contribution is 0.0259. The molecule has 0 aliphatic rings. The summed E-state index contributed by atoms with van der Waals surface area (Å²) in [4.78, 5) is 4.57. The van der Waals surface area contributed by atoms with E-state index in [4.69, 9.17) is 9.47 Å². The highest BCUT2D eigenvalue weighted by atomic mass is 19.1. The third kappa shape index (κ3) is 3.56. The second kappa shape index (κ2) is 7.49. The number of aromatic nitrogens is 2. The van der Waals surface area contributed by atoms with E-state index in [1.54, 1.807) is 25.6 Å². The van der Waals surface area contributed by atoms with Gasteiger partial charge in [0.15, 0.2) is 0 Å². The lowest BCUT2D eigenvalue weighted by Gasteiger charge is -2.17. The summed E-state index contributed by atoms with van der Waals surface area (Å²) in [6.07, 6.45) is 1.60. The van der Waals surface area contributed by atoms with Crippen molar-refractivity contribution < 1.29 is 13.9 Å². The Morgan fingerprint density at radius 2 is 1.68 bits per heavy atom. The molecule has 1 atom stereocenters. The maximum atomic E-state index is 13.3. The van der Waals surface area contributed by atoms with Crippen molar-refractivity contribution in [1.29, 1.82) is 0 Å². The molecule has 0 saturated heterocycles. The van der Waals surface area contributed by atoms with Crippen molar-refractivity contribution in [1.82, 2.24) is 9.55 Å². The second-order valence-electron chi connectivity index (χ2n) is 5.64. The Morgan fingerprint density at radius 3 is 2.28 bits per heavy atom. The molecule has 0 saturated carbocycles. The van der Waals surface area contributed by atoms with Gasteiger partial charge in [-0.15, -0.1) is 0 Å². The summed E-state index contributed by atoms with van der Waals surface area (Å²) in [6.45, 7) is 4.54. The van der Waals surface area contributed by atoms with Gasteiger partial charge < -0.3 is 14.0 Å². The molecular formula is C20H21FN2O2. The van der Waals surface area contributed by atoms with E-state index >= 15 is 0 Å². The molecule has 0 aliphatic heterocycles. The zero-order valence-corrected chi connectivity index (χ0v) is 14.6. The molecule has 4 nitrogen and oxygen atoms in total. The molecule has 0 radical (unpaired) electrons. The highest BCUT2D eigenvalue weighted by Gasteiger charge is 2.18. The van der Waals surface area contributed by atoms with Crippen molar-refractivity contribution in [2.24, 2.45) is 0 Å². The third-order valence-corrected chi connectivity index (χ3v) is 4.07. The number of ether oxygens (including phenoxy) is 2. The third-order valence-electron chi connectivity index (χ3n) is 4.07. The molecule has 0 bridgehead atoms. The average molecular weight is 340 g/mol. The van der Waals surface area contributed by atoms with Crippen LogP contribution in [0, 0.1) is 5.82 Å². The lowest BCUT2D eigenvalue weighted by atomic mass is 10.0. The smallest absolute Gasteiger partial charge is 0.132 e. The minimum Gasteiger partial charge on any atom is -0.497 e. The predicted molar refractivity (Wildman–Crippen MR) is 95.9 cm³/mol. The minimum atomic E-state index is -0.267. The molecule has 1 unspecified atom stereocenters. The maximum absolute atomic E-state index is 13.3. The highest BCUT2D eigenvalue weighted by molar-refractivity contribution is 5.78. The molecule has 3 aromatic rings. The van der Waals surface area contributed by atoms with Gasteiger partial charge in [-0.05, 0) is 62.4 Å². The van der Waals surface area contributed by atoms with E-state index in [1.807, 2.05) is 42.7 Å². The SMILES string of the molecule is CCOC(C)n1cnc(-c2ccc(F)cc2)c1-c1ccc(OC)cc1. The van der Waals surface area contributed by atoms with Gasteiger partial charge in [0.2, 0.25) is 0 Å². The van der Waals surface area contributed by atoms with E-state index in [0.717, 1.165) is 28.3 Å². The van der Waals surface area contributed by atoms with Crippen LogP contribution in [0.15, 0.2) is 54.9 Å². The van der Waals surface area contributed by atoms with Crippen LogP contribution in [-0.4, -0.2) is 23.3 Å². The standard InChI is InChI=1S/C20H21FN2O2/c1-4-25-14(2)23-13-22-19(15-5-9-17(21)10-6-15)20(23)16-7-11-18(24-3)12-8-16/h5-14H,4H2,1-3H3. The van der Waals surface area contributed by atoms with Crippen molar-refractivity contribution in [2.75, 3.05) is 13.7 Å². The fourth-order valence-corrected chi connectivity index (χ4v) is 2.81. The van der Waals surface area contributed by atoms with Gasteiger partial charge in [0, 0.05) is 17.7 Å². The minimum absolute atomic E-state index is 0.163. The number of rotatable bonds is 6. The van der Waals surface area contributed by atoms with Crippen LogP contribution in [0.3, 0.4) is 0 Å². The number of methoxy groups -OCH3 is 1. The molecule has 5 heteroatoms. The van der Waals surface area contributed by atoms with Crippen LogP contribution in [0.1, 0.15) is 20.1 Å². The topological polar surface area (TPSA) is 36.3 Å². The molecule has 0 aliphatic carbocycles. The quantitative estimate of drug-likeness (QED) is 0.639. The summed E-state index contributed by atoms with van der Waals surface area (Å²) in [5.74, 6) is 0.521. The molecule has 130 valence electrons. The Kier molecular flexibility index (Phi) is 5.14. The van der Waals surface area contributed by atoms with Crippen LogP contribution in [-0.2, 0) is 4.74 Å². The van der Waals surface area contributed by atoms with Crippen molar-refractivity contribution in [3.05, 3.63) is 60.7 Å². The zero-order valence-electron chi connectivity index (χ0n) is 14.6. The summed E-state index contributed by atoms with van der Waals surface area (Å²) in [5, 5.41) is 0. The number of hydrogen-bond donors (Lipinski definition) is 0. The normalized spacial score (nSPS) is 12.2. The van der Waals surface area contributed by atoms with E-state index in [2.05, 4.69) is 4.98 Å². The first-order valence-electron chi connectivity index (χ1n) is 8.22. The van der Waals surface area contributed by atoms with Gasteiger partial charge in [0.1, 0.15) is 17.8 Å². The Hall–Kier alpha value is -2.66.